The summed E-state index contributed by atoms with van der Waals surface area (Å²) < 4.78 is 5.22. The summed E-state index contributed by atoms with van der Waals surface area (Å²) in [7, 11) is 1.68. The number of amides is 1. The molecule has 1 aliphatic carbocycles. The van der Waals surface area contributed by atoms with Gasteiger partial charge >= 0.3 is 0 Å². The molecule has 0 radical (unpaired) electrons. The predicted octanol–water partition coefficient (Wildman–Crippen LogP) is 3.78. The molecule has 126 valence electrons. The molecule has 0 saturated carbocycles. The molecule has 2 aromatic rings. The summed E-state index contributed by atoms with van der Waals surface area (Å²) in [5.74, 6) is 0.207. The summed E-state index contributed by atoms with van der Waals surface area (Å²) in [4.78, 5) is 15.2. The van der Waals surface area contributed by atoms with Crippen molar-refractivity contribution in [3.63, 3.8) is 0 Å². The highest BCUT2D eigenvalue weighted by Gasteiger charge is 2.29. The van der Waals surface area contributed by atoms with E-state index in [1.54, 1.807) is 7.11 Å². The molecule has 1 amide bonds. The number of fused-ring (bicyclic) bond motifs is 1. The van der Waals surface area contributed by atoms with Crippen LogP contribution in [0.15, 0.2) is 54.6 Å². The zero-order valence-electron chi connectivity index (χ0n) is 14.3. The van der Waals surface area contributed by atoms with Crippen molar-refractivity contribution in [2.24, 2.45) is 0 Å². The molecule has 0 aromatic heterocycles. The molecule has 0 spiro atoms. The fourth-order valence-electron chi connectivity index (χ4n) is 3.50. The van der Waals surface area contributed by atoms with Crippen LogP contribution in [0.2, 0.25) is 0 Å². The van der Waals surface area contributed by atoms with E-state index in [0.717, 1.165) is 24.8 Å². The summed E-state index contributed by atoms with van der Waals surface area (Å²) in [5, 5.41) is 0. The SMILES string of the molecule is COCCN(Cc1ccccc1)C(=O)C1CCCc2ccccc21. The second-order valence-electron chi connectivity index (χ2n) is 6.38. The number of hydrogen-bond acceptors (Lipinski definition) is 2. The zero-order valence-corrected chi connectivity index (χ0v) is 14.3. The van der Waals surface area contributed by atoms with Gasteiger partial charge in [0.15, 0.2) is 0 Å². The third kappa shape index (κ3) is 3.85. The second kappa shape index (κ2) is 8.11. The molecular weight excluding hydrogens is 298 g/mol. The molecule has 0 N–H and O–H groups in total. The first-order chi connectivity index (χ1) is 11.8. The van der Waals surface area contributed by atoms with E-state index in [9.17, 15) is 4.79 Å². The fourth-order valence-corrected chi connectivity index (χ4v) is 3.50. The van der Waals surface area contributed by atoms with Crippen molar-refractivity contribution in [2.75, 3.05) is 20.3 Å². The molecule has 0 heterocycles. The summed E-state index contributed by atoms with van der Waals surface area (Å²) in [6.45, 7) is 1.83. The normalized spacial score (nSPS) is 16.5. The van der Waals surface area contributed by atoms with E-state index in [1.165, 1.54) is 11.1 Å². The van der Waals surface area contributed by atoms with Crippen LogP contribution in [0.25, 0.3) is 0 Å². The monoisotopic (exact) mass is 323 g/mol. The van der Waals surface area contributed by atoms with Crippen molar-refractivity contribution in [3.05, 3.63) is 71.3 Å². The minimum absolute atomic E-state index is 0.0180. The standard InChI is InChI=1S/C21H25NO2/c1-24-15-14-22(16-17-8-3-2-4-9-17)21(23)20-13-7-11-18-10-5-6-12-19(18)20/h2-6,8-10,12,20H,7,11,13-16H2,1H3. The summed E-state index contributed by atoms with van der Waals surface area (Å²) in [5.41, 5.74) is 3.70. The maximum atomic E-state index is 13.2. The van der Waals surface area contributed by atoms with Crippen molar-refractivity contribution in [1.82, 2.24) is 4.90 Å². The second-order valence-corrected chi connectivity index (χ2v) is 6.38. The van der Waals surface area contributed by atoms with Crippen molar-refractivity contribution >= 4 is 5.91 Å². The lowest BCUT2D eigenvalue weighted by atomic mass is 9.82. The molecule has 24 heavy (non-hydrogen) atoms. The van der Waals surface area contributed by atoms with Crippen molar-refractivity contribution in [1.29, 1.82) is 0 Å². The maximum Gasteiger partial charge on any atom is 0.230 e. The molecular formula is C21H25NO2. The van der Waals surface area contributed by atoms with Gasteiger partial charge in [0, 0.05) is 20.2 Å². The van der Waals surface area contributed by atoms with E-state index >= 15 is 0 Å². The van der Waals surface area contributed by atoms with Gasteiger partial charge in [0.1, 0.15) is 0 Å². The van der Waals surface area contributed by atoms with Gasteiger partial charge in [-0.3, -0.25) is 4.79 Å². The Labute approximate surface area is 144 Å². The van der Waals surface area contributed by atoms with Crippen molar-refractivity contribution in [2.45, 2.75) is 31.7 Å². The lowest BCUT2D eigenvalue weighted by molar-refractivity contribution is -0.134. The Kier molecular flexibility index (Phi) is 5.65. The molecule has 2 aromatic carbocycles. The van der Waals surface area contributed by atoms with Crippen LogP contribution >= 0.6 is 0 Å². The van der Waals surface area contributed by atoms with E-state index in [0.29, 0.717) is 19.7 Å². The third-order valence-corrected chi connectivity index (χ3v) is 4.76. The topological polar surface area (TPSA) is 29.5 Å². The predicted molar refractivity (Wildman–Crippen MR) is 95.9 cm³/mol. The Balaban J connectivity index is 1.81. The largest absolute Gasteiger partial charge is 0.383 e. The molecule has 0 bridgehead atoms. The molecule has 0 fully saturated rings. The lowest BCUT2D eigenvalue weighted by Crippen LogP contribution is -2.38. The zero-order chi connectivity index (χ0) is 16.8. The van der Waals surface area contributed by atoms with Crippen LogP contribution in [-0.4, -0.2) is 31.1 Å². The fraction of sp³-hybridized carbons (Fsp3) is 0.381. The van der Waals surface area contributed by atoms with Crippen LogP contribution in [-0.2, 0) is 22.5 Å². The first-order valence-electron chi connectivity index (χ1n) is 8.69. The van der Waals surface area contributed by atoms with Gasteiger partial charge in [-0.1, -0.05) is 54.6 Å². The molecule has 3 rings (SSSR count). The molecule has 3 nitrogen and oxygen atoms in total. The molecule has 3 heteroatoms. The van der Waals surface area contributed by atoms with Crippen LogP contribution in [0.5, 0.6) is 0 Å². The third-order valence-electron chi connectivity index (χ3n) is 4.76. The van der Waals surface area contributed by atoms with Gasteiger partial charge in [0.25, 0.3) is 0 Å². The maximum absolute atomic E-state index is 13.2. The minimum Gasteiger partial charge on any atom is -0.383 e. The first-order valence-corrected chi connectivity index (χ1v) is 8.69. The number of aryl methyl sites for hydroxylation is 1. The Bertz CT molecular complexity index is 669. The number of methoxy groups -OCH3 is 1. The molecule has 0 saturated heterocycles. The number of benzene rings is 2. The van der Waals surface area contributed by atoms with Crippen LogP contribution in [0.4, 0.5) is 0 Å². The number of carbonyl (C=O) groups excluding carboxylic acids is 1. The molecule has 1 atom stereocenters. The van der Waals surface area contributed by atoms with Crippen LogP contribution in [0.1, 0.15) is 35.4 Å². The number of nitrogens with zero attached hydrogens (tertiary/aromatic N) is 1. The summed E-state index contributed by atoms with van der Waals surface area (Å²) in [6, 6.07) is 18.6. The summed E-state index contributed by atoms with van der Waals surface area (Å²) >= 11 is 0. The molecule has 0 aliphatic heterocycles. The molecule has 1 unspecified atom stereocenters. The van der Waals surface area contributed by atoms with E-state index in [4.69, 9.17) is 4.74 Å². The van der Waals surface area contributed by atoms with Crippen molar-refractivity contribution in [3.8, 4) is 0 Å². The Morgan fingerprint density at radius 1 is 1.12 bits per heavy atom. The highest BCUT2D eigenvalue weighted by molar-refractivity contribution is 5.84. The molecule has 1 aliphatic rings. The lowest BCUT2D eigenvalue weighted by Gasteiger charge is -2.31. The van der Waals surface area contributed by atoms with E-state index in [1.807, 2.05) is 29.2 Å². The van der Waals surface area contributed by atoms with Gasteiger partial charge in [-0.05, 0) is 36.0 Å². The average Bonchev–Trinajstić information content (AvgIpc) is 2.65. The van der Waals surface area contributed by atoms with E-state index in [2.05, 4.69) is 30.3 Å². The van der Waals surface area contributed by atoms with E-state index < -0.39 is 0 Å². The van der Waals surface area contributed by atoms with E-state index in [-0.39, 0.29) is 11.8 Å². The van der Waals surface area contributed by atoms with Gasteiger partial charge in [-0.15, -0.1) is 0 Å². The van der Waals surface area contributed by atoms with Crippen LogP contribution in [0, 0.1) is 0 Å². The van der Waals surface area contributed by atoms with Gasteiger partial charge in [0.05, 0.1) is 12.5 Å². The highest BCUT2D eigenvalue weighted by Crippen LogP contribution is 2.33. The van der Waals surface area contributed by atoms with Crippen molar-refractivity contribution < 1.29 is 9.53 Å². The Morgan fingerprint density at radius 3 is 2.67 bits per heavy atom. The van der Waals surface area contributed by atoms with Crippen LogP contribution < -0.4 is 0 Å². The Morgan fingerprint density at radius 2 is 1.88 bits per heavy atom. The smallest absolute Gasteiger partial charge is 0.230 e. The minimum atomic E-state index is -0.0180. The number of rotatable bonds is 6. The number of ether oxygens (including phenoxy) is 1. The first kappa shape index (κ1) is 16.7. The number of carbonyl (C=O) groups is 1. The van der Waals surface area contributed by atoms with Gasteiger partial charge in [-0.2, -0.15) is 0 Å². The highest BCUT2D eigenvalue weighted by atomic mass is 16.5. The number of hydrogen-bond donors (Lipinski definition) is 0. The van der Waals surface area contributed by atoms with Crippen LogP contribution in [0.3, 0.4) is 0 Å². The van der Waals surface area contributed by atoms with Gasteiger partial charge in [0.2, 0.25) is 5.91 Å². The summed E-state index contributed by atoms with van der Waals surface area (Å²) in [6.07, 6.45) is 3.10. The Hall–Kier alpha value is -2.13. The average molecular weight is 323 g/mol. The van der Waals surface area contributed by atoms with Gasteiger partial charge in [-0.25, -0.2) is 0 Å². The van der Waals surface area contributed by atoms with Gasteiger partial charge < -0.3 is 9.64 Å². The quantitative estimate of drug-likeness (QED) is 0.809.